The summed E-state index contributed by atoms with van der Waals surface area (Å²) in [6.45, 7) is -0.110. The van der Waals surface area contributed by atoms with Crippen LogP contribution in [0, 0.1) is 0 Å². The normalized spacial score (nSPS) is 18.4. The highest BCUT2D eigenvalue weighted by Crippen LogP contribution is 2.31. The first-order valence-corrected chi connectivity index (χ1v) is 8.65. The van der Waals surface area contributed by atoms with Gasteiger partial charge in [-0.25, -0.2) is 13.2 Å². The van der Waals surface area contributed by atoms with Crippen LogP contribution < -0.4 is 9.64 Å². The van der Waals surface area contributed by atoms with Gasteiger partial charge in [-0.05, 0) is 18.2 Å². The number of hydrogen-bond acceptors (Lipinski definition) is 6. The number of carbonyl (C=O) groups is 2. The van der Waals surface area contributed by atoms with E-state index in [0.29, 0.717) is 5.75 Å². The lowest BCUT2D eigenvalue weighted by Crippen LogP contribution is -2.28. The first kappa shape index (κ1) is 16.6. The predicted octanol–water partition coefficient (Wildman–Crippen LogP) is 1.16. The Morgan fingerprint density at radius 2 is 2.05 bits per heavy atom. The van der Waals surface area contributed by atoms with E-state index in [4.69, 9.17) is 15.4 Å². The Bertz CT molecular complexity index is 717. The molecule has 1 aliphatic heterocycles. The zero-order valence-corrected chi connectivity index (χ0v) is 13.5. The Morgan fingerprint density at radius 3 is 2.55 bits per heavy atom. The lowest BCUT2D eigenvalue weighted by Gasteiger charge is -2.19. The van der Waals surface area contributed by atoms with Crippen molar-refractivity contribution in [2.45, 2.75) is 11.7 Å². The molecule has 2 rings (SSSR count). The van der Waals surface area contributed by atoms with E-state index in [2.05, 4.69) is 4.74 Å². The molecule has 1 saturated heterocycles. The maximum Gasteiger partial charge on any atom is 0.340 e. The summed E-state index contributed by atoms with van der Waals surface area (Å²) >= 11 is 0. The molecule has 0 radical (unpaired) electrons. The van der Waals surface area contributed by atoms with E-state index in [0.717, 1.165) is 0 Å². The molecule has 22 heavy (non-hydrogen) atoms. The smallest absolute Gasteiger partial charge is 0.340 e. The largest absolute Gasteiger partial charge is 0.497 e. The van der Waals surface area contributed by atoms with Crippen molar-refractivity contribution in [1.29, 1.82) is 0 Å². The van der Waals surface area contributed by atoms with Crippen molar-refractivity contribution in [3.63, 3.8) is 0 Å². The Kier molecular flexibility index (Phi) is 4.62. The zero-order chi connectivity index (χ0) is 16.5. The van der Waals surface area contributed by atoms with Gasteiger partial charge < -0.3 is 14.4 Å². The molecular formula is C13H14ClNO6S. The average Bonchev–Trinajstić information content (AvgIpc) is 2.87. The van der Waals surface area contributed by atoms with Crippen molar-refractivity contribution in [3.8, 4) is 5.75 Å². The average molecular weight is 348 g/mol. The molecule has 1 aromatic rings. The van der Waals surface area contributed by atoms with Crippen molar-refractivity contribution in [2.24, 2.45) is 0 Å². The van der Waals surface area contributed by atoms with E-state index >= 15 is 0 Å². The third-order valence-corrected chi connectivity index (χ3v) is 5.26. The molecule has 0 spiro atoms. The molecular weight excluding hydrogens is 334 g/mol. The number of esters is 1. The third kappa shape index (κ3) is 3.17. The maximum absolute atomic E-state index is 12.1. The van der Waals surface area contributed by atoms with E-state index in [1.165, 1.54) is 31.3 Å². The van der Waals surface area contributed by atoms with E-state index in [1.54, 1.807) is 6.07 Å². The Balaban J connectivity index is 2.44. The van der Waals surface area contributed by atoms with E-state index in [9.17, 15) is 18.0 Å². The van der Waals surface area contributed by atoms with Gasteiger partial charge in [0, 0.05) is 23.6 Å². The van der Waals surface area contributed by atoms with Crippen LogP contribution in [0.5, 0.6) is 5.75 Å². The van der Waals surface area contributed by atoms with Crippen LogP contribution in [-0.2, 0) is 18.6 Å². The molecule has 0 N–H and O–H groups in total. The molecule has 1 fully saturated rings. The Morgan fingerprint density at radius 1 is 1.36 bits per heavy atom. The monoisotopic (exact) mass is 347 g/mol. The summed E-state index contributed by atoms with van der Waals surface area (Å²) in [6, 6.07) is 4.50. The lowest BCUT2D eigenvalue weighted by atomic mass is 10.1. The quantitative estimate of drug-likeness (QED) is 0.599. The fourth-order valence-electron chi connectivity index (χ4n) is 2.25. The number of rotatable bonds is 4. The van der Waals surface area contributed by atoms with Crippen molar-refractivity contribution < 1.29 is 27.5 Å². The number of methoxy groups -OCH3 is 2. The number of hydrogen-bond donors (Lipinski definition) is 0. The maximum atomic E-state index is 12.1. The van der Waals surface area contributed by atoms with Crippen molar-refractivity contribution in [2.75, 3.05) is 25.7 Å². The molecule has 0 bridgehead atoms. The standard InChI is InChI=1S/C13H14ClNO6S/c1-20-8-3-4-11(10(5-8)13(17)21-2)15-7-9(6-12(15)16)22(14,18)19/h3-5,9H,6-7H2,1-2H3. The number of amides is 1. The second-order valence-electron chi connectivity index (χ2n) is 4.68. The highest BCUT2D eigenvalue weighted by molar-refractivity contribution is 8.14. The molecule has 1 amide bonds. The molecule has 0 aliphatic carbocycles. The summed E-state index contributed by atoms with van der Waals surface area (Å²) in [4.78, 5) is 25.2. The Hall–Kier alpha value is -1.80. The van der Waals surface area contributed by atoms with Gasteiger partial charge in [-0.2, -0.15) is 0 Å². The number of ether oxygens (including phenoxy) is 2. The molecule has 1 heterocycles. The second-order valence-corrected chi connectivity index (χ2v) is 7.59. The minimum atomic E-state index is -3.86. The van der Waals surface area contributed by atoms with Crippen LogP contribution in [0.3, 0.4) is 0 Å². The summed E-state index contributed by atoms with van der Waals surface area (Å²) in [5, 5.41) is -1.01. The van der Waals surface area contributed by atoms with Crippen LogP contribution in [0.2, 0.25) is 0 Å². The van der Waals surface area contributed by atoms with Crippen molar-refractivity contribution in [1.82, 2.24) is 0 Å². The predicted molar refractivity (Wildman–Crippen MR) is 79.9 cm³/mol. The molecule has 0 aromatic heterocycles. The fraction of sp³-hybridized carbons (Fsp3) is 0.385. The van der Waals surface area contributed by atoms with Crippen molar-refractivity contribution >= 4 is 37.3 Å². The fourth-order valence-corrected chi connectivity index (χ4v) is 3.27. The van der Waals surface area contributed by atoms with E-state index in [1.807, 2.05) is 0 Å². The summed E-state index contributed by atoms with van der Waals surface area (Å²) < 4.78 is 32.5. The van der Waals surface area contributed by atoms with E-state index in [-0.39, 0.29) is 24.2 Å². The lowest BCUT2D eigenvalue weighted by molar-refractivity contribution is -0.117. The molecule has 1 unspecified atom stereocenters. The minimum Gasteiger partial charge on any atom is -0.497 e. The van der Waals surface area contributed by atoms with Gasteiger partial charge in [-0.1, -0.05) is 0 Å². The van der Waals surface area contributed by atoms with Crippen LogP contribution >= 0.6 is 10.7 Å². The van der Waals surface area contributed by atoms with Crippen LogP contribution in [-0.4, -0.2) is 46.3 Å². The SMILES string of the molecule is COC(=O)c1cc(OC)ccc1N1CC(S(=O)(=O)Cl)CC1=O. The van der Waals surface area contributed by atoms with Gasteiger partial charge in [-0.3, -0.25) is 4.79 Å². The van der Waals surface area contributed by atoms with Gasteiger partial charge in [0.1, 0.15) is 11.0 Å². The van der Waals surface area contributed by atoms with Crippen LogP contribution in [0.15, 0.2) is 18.2 Å². The summed E-state index contributed by atoms with van der Waals surface area (Å²) in [5.41, 5.74) is 0.378. The topological polar surface area (TPSA) is 90.0 Å². The van der Waals surface area contributed by atoms with Crippen LogP contribution in [0.1, 0.15) is 16.8 Å². The zero-order valence-electron chi connectivity index (χ0n) is 11.9. The molecule has 1 aliphatic rings. The van der Waals surface area contributed by atoms with Gasteiger partial charge in [-0.15, -0.1) is 0 Å². The number of nitrogens with zero attached hydrogens (tertiary/aromatic N) is 1. The van der Waals surface area contributed by atoms with Crippen molar-refractivity contribution in [3.05, 3.63) is 23.8 Å². The molecule has 1 atom stereocenters. The van der Waals surface area contributed by atoms with Gasteiger partial charge in [0.25, 0.3) is 0 Å². The Labute approximate surface area is 132 Å². The number of halogens is 1. The number of anilines is 1. The van der Waals surface area contributed by atoms with Gasteiger partial charge in [0.05, 0.1) is 25.5 Å². The highest BCUT2D eigenvalue weighted by atomic mass is 35.7. The van der Waals surface area contributed by atoms with Gasteiger partial charge in [0.15, 0.2) is 0 Å². The highest BCUT2D eigenvalue weighted by Gasteiger charge is 2.39. The number of carbonyl (C=O) groups excluding carboxylic acids is 2. The van der Waals surface area contributed by atoms with Gasteiger partial charge >= 0.3 is 5.97 Å². The first-order chi connectivity index (χ1) is 10.3. The summed E-state index contributed by atoms with van der Waals surface area (Å²) in [7, 11) is 4.11. The minimum absolute atomic E-state index is 0.110. The molecule has 7 nitrogen and oxygen atoms in total. The third-order valence-electron chi connectivity index (χ3n) is 3.39. The molecule has 9 heteroatoms. The first-order valence-electron chi connectivity index (χ1n) is 6.28. The summed E-state index contributed by atoms with van der Waals surface area (Å²) in [5.74, 6) is -0.666. The van der Waals surface area contributed by atoms with Crippen LogP contribution in [0.4, 0.5) is 5.69 Å². The second kappa shape index (κ2) is 6.13. The van der Waals surface area contributed by atoms with Crippen LogP contribution in [0.25, 0.3) is 0 Å². The number of benzene rings is 1. The molecule has 1 aromatic carbocycles. The van der Waals surface area contributed by atoms with Gasteiger partial charge in [0.2, 0.25) is 15.0 Å². The summed E-state index contributed by atoms with van der Waals surface area (Å²) in [6.07, 6.45) is -0.224. The molecule has 0 saturated carbocycles. The van der Waals surface area contributed by atoms with E-state index < -0.39 is 26.2 Å². The molecule has 120 valence electrons.